The van der Waals surface area contributed by atoms with E-state index in [9.17, 15) is 32.3 Å². The molecular weight excluding hydrogens is 829 g/mol. The molecule has 4 aromatic rings. The van der Waals surface area contributed by atoms with E-state index < -0.39 is 35.6 Å². The van der Waals surface area contributed by atoms with Crippen LogP contribution in [0.1, 0.15) is 77.1 Å². The highest BCUT2D eigenvalue weighted by Gasteiger charge is 2.40. The van der Waals surface area contributed by atoms with Crippen molar-refractivity contribution in [1.82, 2.24) is 30.1 Å². The first kappa shape index (κ1) is 45.7. The molecule has 62 heavy (non-hydrogen) atoms. The zero-order valence-electron chi connectivity index (χ0n) is 35.9. The van der Waals surface area contributed by atoms with Gasteiger partial charge in [-0.25, -0.2) is 14.8 Å². The molecule has 4 amide bonds. The van der Waals surface area contributed by atoms with Crippen molar-refractivity contribution >= 4 is 46.9 Å². The van der Waals surface area contributed by atoms with E-state index in [1.807, 2.05) is 53.4 Å². The SMILES string of the molecule is COC(=O)N[C@H](C(=O)N1C[C@@H](C)C[C@H]1c1nc(-c2ccc(-c3cc(Cl)c(C(=O)Nc4ccc(N5CCN(C(=O)C(C)(C)C)C[C@H]5C)nc4)cc3OC(F)(F)F)cc2)c[nH]1)C(C)C. The third-order valence-electron chi connectivity index (χ3n) is 11.0. The van der Waals surface area contributed by atoms with Crippen molar-refractivity contribution in [3.05, 3.63) is 77.3 Å². The van der Waals surface area contributed by atoms with E-state index in [0.29, 0.717) is 66.8 Å². The quantitative estimate of drug-likeness (QED) is 0.142. The van der Waals surface area contributed by atoms with Gasteiger partial charge < -0.3 is 39.8 Å². The van der Waals surface area contributed by atoms with Gasteiger partial charge in [0.25, 0.3) is 5.91 Å². The van der Waals surface area contributed by atoms with Crippen LogP contribution in [0, 0.1) is 17.3 Å². The normalized spacial score (nSPS) is 18.7. The number of hydrogen-bond acceptors (Lipinski definition) is 9. The van der Waals surface area contributed by atoms with Gasteiger partial charge in [0, 0.05) is 55.0 Å². The van der Waals surface area contributed by atoms with Crippen LogP contribution >= 0.6 is 11.6 Å². The molecule has 3 N–H and O–H groups in total. The summed E-state index contributed by atoms with van der Waals surface area (Å²) in [6, 6.07) is 10.9. The number of likely N-dealkylation sites (tertiary alicyclic amines) is 1. The predicted molar refractivity (Wildman–Crippen MR) is 229 cm³/mol. The Morgan fingerprint density at radius 2 is 1.66 bits per heavy atom. The van der Waals surface area contributed by atoms with Crippen molar-refractivity contribution in [3.63, 3.8) is 0 Å². The molecular formula is C44H52ClF3N8O6. The Labute approximate surface area is 363 Å². The molecule has 2 aliphatic rings. The number of methoxy groups -OCH3 is 1. The van der Waals surface area contributed by atoms with Gasteiger partial charge in [0.2, 0.25) is 11.8 Å². The van der Waals surface area contributed by atoms with Gasteiger partial charge >= 0.3 is 12.5 Å². The molecule has 2 aromatic carbocycles. The van der Waals surface area contributed by atoms with Gasteiger partial charge in [-0.05, 0) is 55.0 Å². The Hall–Kier alpha value is -5.84. The molecule has 0 unspecified atom stereocenters. The molecule has 0 spiro atoms. The van der Waals surface area contributed by atoms with Gasteiger partial charge in [0.1, 0.15) is 23.4 Å². The number of hydrogen-bond donors (Lipinski definition) is 3. The van der Waals surface area contributed by atoms with Crippen LogP contribution in [0.5, 0.6) is 5.75 Å². The second-order valence-corrected chi connectivity index (χ2v) is 17.6. The number of carbonyl (C=O) groups is 4. The average molecular weight is 881 g/mol. The van der Waals surface area contributed by atoms with E-state index in [-0.39, 0.29) is 51.9 Å². The largest absolute Gasteiger partial charge is 0.573 e. The number of H-pyrrole nitrogens is 1. The van der Waals surface area contributed by atoms with E-state index in [4.69, 9.17) is 21.3 Å². The van der Waals surface area contributed by atoms with Crippen molar-refractivity contribution in [2.75, 3.05) is 43.5 Å². The minimum Gasteiger partial charge on any atom is -0.453 e. The highest BCUT2D eigenvalue weighted by molar-refractivity contribution is 6.35. The van der Waals surface area contributed by atoms with Gasteiger partial charge in [-0.1, -0.05) is 77.4 Å². The molecule has 2 aliphatic heterocycles. The molecule has 2 fully saturated rings. The second-order valence-electron chi connectivity index (χ2n) is 17.2. The lowest BCUT2D eigenvalue weighted by atomic mass is 9.94. The third kappa shape index (κ3) is 10.4. The van der Waals surface area contributed by atoms with Crippen LogP contribution in [-0.4, -0.2) is 100 Å². The van der Waals surface area contributed by atoms with E-state index >= 15 is 0 Å². The van der Waals surface area contributed by atoms with Crippen LogP contribution in [0.25, 0.3) is 22.4 Å². The van der Waals surface area contributed by atoms with Crippen LogP contribution in [0.15, 0.2) is 60.9 Å². The minimum atomic E-state index is -5.08. The molecule has 4 heterocycles. The summed E-state index contributed by atoms with van der Waals surface area (Å²) in [6.45, 7) is 15.5. The average Bonchev–Trinajstić information content (AvgIpc) is 3.86. The van der Waals surface area contributed by atoms with E-state index in [1.54, 1.807) is 47.5 Å². The van der Waals surface area contributed by atoms with Crippen LogP contribution in [0.2, 0.25) is 5.02 Å². The van der Waals surface area contributed by atoms with Crippen LogP contribution in [0.4, 0.5) is 29.5 Å². The Morgan fingerprint density at radius 3 is 2.26 bits per heavy atom. The summed E-state index contributed by atoms with van der Waals surface area (Å²) in [5, 5.41) is 5.19. The number of benzene rings is 2. The van der Waals surface area contributed by atoms with Crippen molar-refractivity contribution in [3.8, 4) is 28.1 Å². The monoisotopic (exact) mass is 880 g/mol. The first-order valence-electron chi connectivity index (χ1n) is 20.4. The number of imidazole rings is 1. The van der Waals surface area contributed by atoms with Crippen molar-refractivity contribution in [1.29, 1.82) is 0 Å². The molecule has 2 saturated heterocycles. The summed E-state index contributed by atoms with van der Waals surface area (Å²) in [4.78, 5) is 70.1. The summed E-state index contributed by atoms with van der Waals surface area (Å²) in [6.07, 6.45) is -2.01. The molecule has 0 aliphatic carbocycles. The van der Waals surface area contributed by atoms with Gasteiger partial charge in [0.15, 0.2) is 0 Å². The Kier molecular flexibility index (Phi) is 13.4. The molecule has 14 nitrogen and oxygen atoms in total. The maximum absolute atomic E-state index is 13.8. The van der Waals surface area contributed by atoms with Crippen molar-refractivity contribution < 1.29 is 41.8 Å². The van der Waals surface area contributed by atoms with Crippen LogP contribution < -0.4 is 20.3 Å². The number of nitrogens with one attached hydrogen (secondary N) is 3. The van der Waals surface area contributed by atoms with Gasteiger partial charge in [-0.15, -0.1) is 13.2 Å². The summed E-state index contributed by atoms with van der Waals surface area (Å²) in [5.74, 6) is -0.412. The minimum absolute atomic E-state index is 0.00283. The lowest BCUT2D eigenvalue weighted by Gasteiger charge is -2.42. The fourth-order valence-electron chi connectivity index (χ4n) is 7.85. The summed E-state index contributed by atoms with van der Waals surface area (Å²) < 4.78 is 50.5. The molecule has 0 radical (unpaired) electrons. The van der Waals surface area contributed by atoms with Crippen molar-refractivity contribution in [2.45, 2.75) is 79.4 Å². The summed E-state index contributed by atoms with van der Waals surface area (Å²) in [7, 11) is 1.24. The maximum atomic E-state index is 13.8. The Bertz CT molecular complexity index is 2280. The van der Waals surface area contributed by atoms with Crippen LogP contribution in [-0.2, 0) is 14.3 Å². The lowest BCUT2D eigenvalue weighted by Crippen LogP contribution is -2.56. The molecule has 2 aromatic heterocycles. The number of aromatic amines is 1. The van der Waals surface area contributed by atoms with Crippen molar-refractivity contribution in [2.24, 2.45) is 17.3 Å². The van der Waals surface area contributed by atoms with E-state index in [1.165, 1.54) is 19.4 Å². The Morgan fingerprint density at radius 1 is 0.968 bits per heavy atom. The summed E-state index contributed by atoms with van der Waals surface area (Å²) in [5.41, 5.74) is 1.06. The molecule has 4 atom stereocenters. The zero-order valence-corrected chi connectivity index (χ0v) is 36.6. The van der Waals surface area contributed by atoms with E-state index in [2.05, 4.69) is 30.2 Å². The number of carbonyl (C=O) groups excluding carboxylic acids is 4. The number of halogens is 4. The first-order chi connectivity index (χ1) is 29.1. The molecule has 0 saturated carbocycles. The van der Waals surface area contributed by atoms with Gasteiger partial charge in [-0.3, -0.25) is 14.4 Å². The number of rotatable bonds is 10. The van der Waals surface area contributed by atoms with E-state index in [0.717, 1.165) is 6.07 Å². The highest BCUT2D eigenvalue weighted by atomic mass is 35.5. The molecule has 0 bridgehead atoms. The number of anilines is 2. The first-order valence-corrected chi connectivity index (χ1v) is 20.7. The zero-order chi connectivity index (χ0) is 45.3. The van der Waals surface area contributed by atoms with Gasteiger partial charge in [0.05, 0.1) is 41.3 Å². The lowest BCUT2D eigenvalue weighted by molar-refractivity contribution is -0.274. The fraction of sp³-hybridized carbons (Fsp3) is 0.455. The number of piperazine rings is 1. The number of aromatic nitrogens is 3. The number of amides is 4. The smallest absolute Gasteiger partial charge is 0.453 e. The van der Waals surface area contributed by atoms with Crippen LogP contribution in [0.3, 0.4) is 0 Å². The topological polar surface area (TPSA) is 162 Å². The number of alkyl carbamates (subject to hydrolysis) is 1. The number of pyridine rings is 1. The second kappa shape index (κ2) is 18.2. The third-order valence-corrected chi connectivity index (χ3v) is 11.3. The molecule has 6 rings (SSSR count). The predicted octanol–water partition coefficient (Wildman–Crippen LogP) is 8.32. The fourth-order valence-corrected chi connectivity index (χ4v) is 8.10. The number of ether oxygens (including phenoxy) is 2. The highest BCUT2D eigenvalue weighted by Crippen LogP contribution is 2.40. The standard InChI is InChI=1S/C44H52ClF3N8O6/c1-24(2)37(53-42(60)61-8)40(58)56-22-25(3)17-34(56)38-50-21-33(52-38)28-11-9-27(10-12-28)30-18-32(45)31(19-35(30)62-44(46,47)48)39(57)51-29-13-14-36(49-20-29)55-16-15-54(23-26(55)4)41(59)43(5,6)7/h9-14,18-21,24-26,34,37H,15-17,22-23H2,1-8H3,(H,50,52)(H,51,57)(H,53,60)/t25-,26+,34-,37-/m0/s1. The molecule has 332 valence electrons. The Balaban J connectivity index is 1.17. The van der Waals surface area contributed by atoms with Gasteiger partial charge in [-0.2, -0.15) is 0 Å². The molecule has 18 heteroatoms. The number of nitrogens with zero attached hydrogens (tertiary/aromatic N) is 5. The maximum Gasteiger partial charge on any atom is 0.573 e. The summed E-state index contributed by atoms with van der Waals surface area (Å²) >= 11 is 6.58. The number of alkyl halides is 3.